The number of aromatic carboxylic acids is 2. The van der Waals surface area contributed by atoms with Crippen molar-refractivity contribution in [2.24, 2.45) is 0 Å². The number of carboxylic acid groups (broad SMARTS) is 2. The number of anilines is 1. The fraction of sp³-hybridized carbons (Fsp3) is 0.250. The predicted octanol–water partition coefficient (Wildman–Crippen LogP) is 7.81. The molecule has 0 saturated heterocycles. The Kier molecular flexibility index (Phi) is 6.81. The average molecular weight is 642 g/mol. The van der Waals surface area contributed by atoms with Crippen LogP contribution in [0.3, 0.4) is 0 Å². The van der Waals surface area contributed by atoms with E-state index >= 15 is 0 Å². The van der Waals surface area contributed by atoms with Crippen molar-refractivity contribution in [2.45, 2.75) is 52.4 Å². The molecule has 0 atom stereocenters. The maximum Gasteiger partial charge on any atom is 0.335 e. The smallest absolute Gasteiger partial charge is 0.335 e. The molecule has 0 fully saturated rings. The summed E-state index contributed by atoms with van der Waals surface area (Å²) < 4.78 is 2.15. The number of aliphatic hydroxyl groups is 1. The van der Waals surface area contributed by atoms with Gasteiger partial charge in [0.2, 0.25) is 11.5 Å². The second-order valence-electron chi connectivity index (χ2n) is 13.7. The van der Waals surface area contributed by atoms with E-state index in [1.54, 1.807) is 36.4 Å². The van der Waals surface area contributed by atoms with Crippen LogP contribution in [0.2, 0.25) is 0 Å². The normalized spacial score (nSPS) is 19.5. The van der Waals surface area contributed by atoms with Crippen LogP contribution in [0, 0.1) is 0 Å². The molecule has 8 heteroatoms. The zero-order valence-electron chi connectivity index (χ0n) is 27.8. The minimum absolute atomic E-state index is 0.0439. The van der Waals surface area contributed by atoms with Gasteiger partial charge in [-0.15, -0.1) is 0 Å². The van der Waals surface area contributed by atoms with Crippen molar-refractivity contribution in [3.63, 3.8) is 0 Å². The minimum Gasteiger partial charge on any atom is -0.506 e. The van der Waals surface area contributed by atoms with Gasteiger partial charge < -0.3 is 20.2 Å². The molecule has 0 saturated carbocycles. The van der Waals surface area contributed by atoms with Gasteiger partial charge in [0.05, 0.1) is 27.7 Å². The molecule has 7 rings (SSSR count). The van der Waals surface area contributed by atoms with Crippen LogP contribution in [0.15, 0.2) is 95.4 Å². The fourth-order valence-corrected chi connectivity index (χ4v) is 8.04. The maximum absolute atomic E-state index is 13.8. The van der Waals surface area contributed by atoms with Crippen molar-refractivity contribution >= 4 is 56.4 Å². The fourth-order valence-electron chi connectivity index (χ4n) is 8.04. The molecule has 0 aromatic heterocycles. The van der Waals surface area contributed by atoms with E-state index in [0.29, 0.717) is 13.1 Å². The number of likely N-dealkylation sites (N-methyl/N-ethyl adjacent to an activating group) is 1. The van der Waals surface area contributed by atoms with E-state index in [2.05, 4.69) is 37.2 Å². The number of fused-ring (bicyclic) bond motifs is 6. The summed E-state index contributed by atoms with van der Waals surface area (Å²) >= 11 is 0. The molecular formula is C40H37N2O6+. The minimum atomic E-state index is -0.977. The monoisotopic (exact) mass is 641 g/mol. The summed E-state index contributed by atoms with van der Waals surface area (Å²) in [7, 11) is 0. The van der Waals surface area contributed by atoms with Gasteiger partial charge in [-0.2, -0.15) is 4.58 Å². The van der Waals surface area contributed by atoms with E-state index in [-0.39, 0.29) is 33.8 Å². The van der Waals surface area contributed by atoms with Crippen molar-refractivity contribution in [1.29, 1.82) is 0 Å². The van der Waals surface area contributed by atoms with Crippen LogP contribution in [-0.2, 0) is 15.6 Å². The molecule has 3 N–H and O–H groups in total. The Morgan fingerprint density at radius 3 is 1.92 bits per heavy atom. The Balaban J connectivity index is 1.30. The Hall–Kier alpha value is -5.50. The zero-order chi connectivity index (χ0) is 34.4. The van der Waals surface area contributed by atoms with Gasteiger partial charge in [0, 0.05) is 41.1 Å². The number of carbonyl (C=O) groups excluding carboxylic acids is 1. The Morgan fingerprint density at radius 2 is 1.38 bits per heavy atom. The molecule has 0 unspecified atom stereocenters. The van der Waals surface area contributed by atoms with Crippen molar-refractivity contribution in [3.8, 4) is 0 Å². The topological polar surface area (TPSA) is 118 Å². The van der Waals surface area contributed by atoms with Gasteiger partial charge in [-0.05, 0) is 97.3 Å². The number of ketones is 1. The molecule has 3 aliphatic rings. The first kappa shape index (κ1) is 31.1. The lowest BCUT2D eigenvalue weighted by Crippen LogP contribution is -2.32. The molecule has 8 nitrogen and oxygen atoms in total. The van der Waals surface area contributed by atoms with Gasteiger partial charge >= 0.3 is 11.9 Å². The molecule has 0 radical (unpaired) electrons. The number of rotatable bonds is 6. The lowest BCUT2D eigenvalue weighted by molar-refractivity contribution is -0.433. The molecule has 0 bridgehead atoms. The van der Waals surface area contributed by atoms with Gasteiger partial charge in [-0.25, -0.2) is 9.59 Å². The average Bonchev–Trinajstić information content (AvgIpc) is 3.42. The molecule has 4 aromatic carbocycles. The summed E-state index contributed by atoms with van der Waals surface area (Å²) in [5.41, 5.74) is 5.76. The molecule has 1 aliphatic carbocycles. The van der Waals surface area contributed by atoms with Gasteiger partial charge in [-0.3, -0.25) is 4.79 Å². The summed E-state index contributed by atoms with van der Waals surface area (Å²) in [6.45, 7) is 13.7. The van der Waals surface area contributed by atoms with Crippen LogP contribution in [0.5, 0.6) is 0 Å². The summed E-state index contributed by atoms with van der Waals surface area (Å²) in [5.74, 6) is -2.23. The third-order valence-corrected chi connectivity index (χ3v) is 10.4. The number of aliphatic hydroxyl groups excluding tert-OH is 1. The summed E-state index contributed by atoms with van der Waals surface area (Å²) in [4.78, 5) is 39.2. The van der Waals surface area contributed by atoms with Crippen LogP contribution >= 0.6 is 0 Å². The lowest BCUT2D eigenvalue weighted by atomic mass is 9.76. The molecule has 2 heterocycles. The van der Waals surface area contributed by atoms with E-state index in [1.807, 2.05) is 50.2 Å². The Bertz CT molecular complexity index is 2300. The third-order valence-electron chi connectivity index (χ3n) is 10.4. The number of nitrogens with zero attached hydrogens (tertiary/aromatic N) is 2. The largest absolute Gasteiger partial charge is 0.506 e. The highest BCUT2D eigenvalue weighted by atomic mass is 16.4. The highest BCUT2D eigenvalue weighted by Crippen LogP contribution is 2.52. The highest BCUT2D eigenvalue weighted by molar-refractivity contribution is 6.24. The second kappa shape index (κ2) is 10.5. The van der Waals surface area contributed by atoms with Crippen molar-refractivity contribution < 1.29 is 34.3 Å². The van der Waals surface area contributed by atoms with Crippen molar-refractivity contribution in [1.82, 2.24) is 0 Å². The zero-order valence-corrected chi connectivity index (χ0v) is 27.8. The van der Waals surface area contributed by atoms with E-state index in [9.17, 15) is 29.7 Å². The Labute approximate surface area is 278 Å². The standard InChI is InChI=1S/C40H36N2O6/c1-7-41-29-15-11-21-17-23(37(45)46)9-13-25(21)33(29)39(3,4)31(41)19-27-35(43)28(36(27)44)20-32-40(5,6)34-26-14-10-24(38(47)48)18-22(26)12-16-30(34)42(32)8-2/h9-20H,7-8H2,1-6H3,(H2-,43,44,45,46,47,48)/p+1. The number of hydrogen-bond donors (Lipinski definition) is 3. The molecular weight excluding hydrogens is 604 g/mol. The van der Waals surface area contributed by atoms with E-state index < -0.39 is 22.8 Å². The lowest BCUT2D eigenvalue weighted by Gasteiger charge is -2.28. The van der Waals surface area contributed by atoms with Gasteiger partial charge in [0.15, 0.2) is 5.71 Å². The number of Topliss-reactive ketones (excluding diaryl/α,β-unsaturated/α-hetero) is 1. The highest BCUT2D eigenvalue weighted by Gasteiger charge is 2.48. The number of benzene rings is 4. The predicted molar refractivity (Wildman–Crippen MR) is 187 cm³/mol. The first-order valence-corrected chi connectivity index (χ1v) is 16.2. The number of allylic oxidation sites excluding steroid dienone is 5. The maximum atomic E-state index is 13.8. The molecule has 0 amide bonds. The molecule has 48 heavy (non-hydrogen) atoms. The van der Waals surface area contributed by atoms with Crippen molar-refractivity contribution in [3.05, 3.63) is 118 Å². The third kappa shape index (κ3) is 4.21. The van der Waals surface area contributed by atoms with Crippen LogP contribution in [-0.4, -0.2) is 56.4 Å². The van der Waals surface area contributed by atoms with Crippen LogP contribution in [0.25, 0.3) is 21.5 Å². The summed E-state index contributed by atoms with van der Waals surface area (Å²) in [6.07, 6.45) is 3.61. The van der Waals surface area contributed by atoms with E-state index in [1.165, 1.54) is 0 Å². The van der Waals surface area contributed by atoms with Crippen LogP contribution in [0.1, 0.15) is 73.4 Å². The number of carbonyl (C=O) groups is 3. The van der Waals surface area contributed by atoms with Gasteiger partial charge in [0.1, 0.15) is 12.3 Å². The number of hydrogen-bond acceptors (Lipinski definition) is 5. The first-order chi connectivity index (χ1) is 22.7. The molecule has 4 aromatic rings. The van der Waals surface area contributed by atoms with Gasteiger partial charge in [-0.1, -0.05) is 32.0 Å². The molecule has 0 spiro atoms. The first-order valence-electron chi connectivity index (χ1n) is 16.2. The van der Waals surface area contributed by atoms with Crippen LogP contribution < -0.4 is 4.90 Å². The van der Waals surface area contributed by atoms with E-state index in [0.717, 1.165) is 55.5 Å². The molecule has 242 valence electrons. The van der Waals surface area contributed by atoms with E-state index in [4.69, 9.17) is 0 Å². The van der Waals surface area contributed by atoms with Crippen molar-refractivity contribution in [2.75, 3.05) is 18.0 Å². The summed E-state index contributed by atoms with van der Waals surface area (Å²) in [6, 6.07) is 18.2. The second-order valence-corrected chi connectivity index (χ2v) is 13.7. The summed E-state index contributed by atoms with van der Waals surface area (Å²) in [5, 5.41) is 34.1. The van der Waals surface area contributed by atoms with Gasteiger partial charge in [0.25, 0.3) is 0 Å². The molecule has 2 aliphatic heterocycles. The SMILES string of the molecule is CCN1/C(=C\C2=C(O)C(=C/C3=[N+](CC)c4ccc5cc(C(=O)O)ccc5c4C3(C)C)/C2=O)C(C)(C)c2c1ccc1cc(C(=O)O)ccc21. The van der Waals surface area contributed by atoms with Crippen LogP contribution in [0.4, 0.5) is 11.4 Å². The quantitative estimate of drug-likeness (QED) is 0.145. The Morgan fingerprint density at radius 1 is 0.792 bits per heavy atom. The number of carboxylic acids is 2.